The molecule has 0 aromatic heterocycles. The minimum Gasteiger partial charge on any atom is -0.480 e. The molecule has 0 rings (SSSR count). The lowest BCUT2D eigenvalue weighted by Crippen LogP contribution is -2.48. The average molecular weight is 244 g/mol. The van der Waals surface area contributed by atoms with Crippen LogP contribution in [0.25, 0.3) is 0 Å². The highest BCUT2D eigenvalue weighted by Gasteiger charge is 2.20. The van der Waals surface area contributed by atoms with E-state index in [-0.39, 0.29) is 24.5 Å². The molecule has 0 spiro atoms. The summed E-state index contributed by atoms with van der Waals surface area (Å²) in [6.07, 6.45) is 0. The van der Waals surface area contributed by atoms with Gasteiger partial charge in [-0.3, -0.25) is 4.79 Å². The van der Waals surface area contributed by atoms with Gasteiger partial charge in [-0.15, -0.1) is 0 Å². The fourth-order valence-electron chi connectivity index (χ4n) is 1.28. The maximum absolute atomic E-state index is 11.9. The minimum absolute atomic E-state index is 0.0333. The maximum atomic E-state index is 11.9. The zero-order valence-corrected chi connectivity index (χ0v) is 11.4. The Kier molecular flexibility index (Phi) is 6.61. The first-order valence-corrected chi connectivity index (χ1v) is 6.01. The standard InChI is InChI=1S/C12H24N2O3/c1-8(2)6-14(7-11(15)16)12(17)13-10(5)9(3)4/h8-10H,6-7H2,1-5H3,(H,13,17)(H,15,16). The number of rotatable bonds is 6. The minimum atomic E-state index is -0.988. The van der Waals surface area contributed by atoms with Gasteiger partial charge in [0, 0.05) is 12.6 Å². The van der Waals surface area contributed by atoms with Crippen molar-refractivity contribution in [2.45, 2.75) is 40.7 Å². The molecule has 0 saturated heterocycles. The van der Waals surface area contributed by atoms with Crippen molar-refractivity contribution in [3.05, 3.63) is 0 Å². The summed E-state index contributed by atoms with van der Waals surface area (Å²) in [6, 6.07) is -0.270. The van der Waals surface area contributed by atoms with Crippen molar-refractivity contribution in [2.24, 2.45) is 11.8 Å². The number of aliphatic carboxylic acids is 1. The molecule has 2 N–H and O–H groups in total. The second kappa shape index (κ2) is 7.14. The van der Waals surface area contributed by atoms with E-state index >= 15 is 0 Å². The average Bonchev–Trinajstić information content (AvgIpc) is 2.14. The van der Waals surface area contributed by atoms with Gasteiger partial charge in [-0.2, -0.15) is 0 Å². The molecular formula is C12H24N2O3. The molecule has 17 heavy (non-hydrogen) atoms. The molecule has 0 aromatic carbocycles. The summed E-state index contributed by atoms with van der Waals surface area (Å²) in [5.74, 6) is -0.419. The van der Waals surface area contributed by atoms with Crippen LogP contribution in [0.5, 0.6) is 0 Å². The fraction of sp³-hybridized carbons (Fsp3) is 0.833. The van der Waals surface area contributed by atoms with Gasteiger partial charge in [0.25, 0.3) is 0 Å². The highest BCUT2D eigenvalue weighted by molar-refractivity contribution is 5.80. The summed E-state index contributed by atoms with van der Waals surface area (Å²) in [5.41, 5.74) is 0. The van der Waals surface area contributed by atoms with Crippen LogP contribution >= 0.6 is 0 Å². The molecule has 1 unspecified atom stereocenters. The Morgan fingerprint density at radius 3 is 2.06 bits per heavy atom. The first-order valence-electron chi connectivity index (χ1n) is 6.01. The Hall–Kier alpha value is -1.26. The van der Waals surface area contributed by atoms with Crippen molar-refractivity contribution >= 4 is 12.0 Å². The van der Waals surface area contributed by atoms with Crippen molar-refractivity contribution in [1.29, 1.82) is 0 Å². The number of hydrogen-bond acceptors (Lipinski definition) is 2. The second-order valence-corrected chi connectivity index (χ2v) is 5.15. The highest BCUT2D eigenvalue weighted by atomic mass is 16.4. The third kappa shape index (κ3) is 6.81. The van der Waals surface area contributed by atoms with Crippen LogP contribution in [-0.2, 0) is 4.79 Å². The van der Waals surface area contributed by atoms with Gasteiger partial charge in [-0.05, 0) is 18.8 Å². The van der Waals surface area contributed by atoms with Gasteiger partial charge in [0.05, 0.1) is 0 Å². The number of carbonyl (C=O) groups excluding carboxylic acids is 1. The van der Waals surface area contributed by atoms with Crippen molar-refractivity contribution in [3.63, 3.8) is 0 Å². The van der Waals surface area contributed by atoms with Crippen molar-refractivity contribution < 1.29 is 14.7 Å². The number of nitrogens with zero attached hydrogens (tertiary/aromatic N) is 1. The van der Waals surface area contributed by atoms with Crippen LogP contribution in [0, 0.1) is 11.8 Å². The van der Waals surface area contributed by atoms with E-state index in [9.17, 15) is 9.59 Å². The molecule has 0 heterocycles. The lowest BCUT2D eigenvalue weighted by molar-refractivity contribution is -0.137. The van der Waals surface area contributed by atoms with E-state index in [2.05, 4.69) is 5.32 Å². The van der Waals surface area contributed by atoms with E-state index in [1.165, 1.54) is 4.90 Å². The first-order chi connectivity index (χ1) is 7.73. The number of carboxylic acids is 1. The van der Waals surface area contributed by atoms with Crippen LogP contribution < -0.4 is 5.32 Å². The molecular weight excluding hydrogens is 220 g/mol. The molecule has 2 amide bonds. The number of nitrogens with one attached hydrogen (secondary N) is 1. The van der Waals surface area contributed by atoms with Gasteiger partial charge < -0.3 is 15.3 Å². The molecule has 0 aliphatic carbocycles. The lowest BCUT2D eigenvalue weighted by Gasteiger charge is -2.26. The number of hydrogen-bond donors (Lipinski definition) is 2. The Morgan fingerprint density at radius 1 is 1.18 bits per heavy atom. The summed E-state index contributed by atoms with van der Waals surface area (Å²) in [5, 5.41) is 11.6. The number of urea groups is 1. The largest absolute Gasteiger partial charge is 0.480 e. The van der Waals surface area contributed by atoms with E-state index in [0.717, 1.165) is 0 Å². The van der Waals surface area contributed by atoms with Gasteiger partial charge >= 0.3 is 12.0 Å². The first kappa shape index (κ1) is 15.7. The van der Waals surface area contributed by atoms with Crippen molar-refractivity contribution in [3.8, 4) is 0 Å². The van der Waals surface area contributed by atoms with E-state index in [1.807, 2.05) is 34.6 Å². The predicted molar refractivity (Wildman–Crippen MR) is 66.9 cm³/mol. The third-order valence-electron chi connectivity index (χ3n) is 2.55. The molecule has 0 aliphatic rings. The number of amides is 2. The SMILES string of the molecule is CC(C)CN(CC(=O)O)C(=O)NC(C)C(C)C. The van der Waals surface area contributed by atoms with Gasteiger partial charge in [-0.25, -0.2) is 4.79 Å². The predicted octanol–water partition coefficient (Wildman–Crippen LogP) is 1.78. The topological polar surface area (TPSA) is 69.6 Å². The normalized spacial score (nSPS) is 12.6. The quantitative estimate of drug-likeness (QED) is 0.748. The molecule has 0 aliphatic heterocycles. The van der Waals surface area contributed by atoms with Crippen molar-refractivity contribution in [1.82, 2.24) is 10.2 Å². The number of carboxylic acid groups (broad SMARTS) is 1. The van der Waals surface area contributed by atoms with Crippen molar-refractivity contribution in [2.75, 3.05) is 13.1 Å². The van der Waals surface area contributed by atoms with E-state index < -0.39 is 5.97 Å². The summed E-state index contributed by atoms with van der Waals surface area (Å²) < 4.78 is 0. The van der Waals surface area contributed by atoms with Gasteiger partial charge in [-0.1, -0.05) is 27.7 Å². The van der Waals surface area contributed by atoms with Crippen LogP contribution in [0.4, 0.5) is 4.79 Å². The summed E-state index contributed by atoms with van der Waals surface area (Å²) in [4.78, 5) is 23.9. The Bertz CT molecular complexity index is 264. The summed E-state index contributed by atoms with van der Waals surface area (Å²) in [7, 11) is 0. The molecule has 0 fully saturated rings. The molecule has 5 heteroatoms. The summed E-state index contributed by atoms with van der Waals surface area (Å²) in [6.45, 7) is 10.0. The zero-order valence-electron chi connectivity index (χ0n) is 11.4. The molecule has 0 saturated carbocycles. The molecule has 0 aromatic rings. The molecule has 1 atom stereocenters. The smallest absolute Gasteiger partial charge is 0.323 e. The van der Waals surface area contributed by atoms with Gasteiger partial charge in [0.2, 0.25) is 0 Å². The molecule has 5 nitrogen and oxygen atoms in total. The Labute approximate surface area is 103 Å². The van der Waals surface area contributed by atoms with E-state index in [0.29, 0.717) is 12.5 Å². The molecule has 0 radical (unpaired) electrons. The summed E-state index contributed by atoms with van der Waals surface area (Å²) >= 11 is 0. The van der Waals surface area contributed by atoms with Crippen LogP contribution in [-0.4, -0.2) is 41.1 Å². The highest BCUT2D eigenvalue weighted by Crippen LogP contribution is 2.03. The van der Waals surface area contributed by atoms with Gasteiger partial charge in [0.1, 0.15) is 6.54 Å². The van der Waals surface area contributed by atoms with Crippen LogP contribution in [0.3, 0.4) is 0 Å². The van der Waals surface area contributed by atoms with E-state index in [1.54, 1.807) is 0 Å². The monoisotopic (exact) mass is 244 g/mol. The van der Waals surface area contributed by atoms with Crippen LogP contribution in [0.2, 0.25) is 0 Å². The number of carbonyl (C=O) groups is 2. The molecule has 0 bridgehead atoms. The Balaban J connectivity index is 4.46. The van der Waals surface area contributed by atoms with Crippen LogP contribution in [0.15, 0.2) is 0 Å². The molecule has 100 valence electrons. The van der Waals surface area contributed by atoms with Crippen LogP contribution in [0.1, 0.15) is 34.6 Å². The maximum Gasteiger partial charge on any atom is 0.323 e. The zero-order chi connectivity index (χ0) is 13.6. The Morgan fingerprint density at radius 2 is 1.71 bits per heavy atom. The van der Waals surface area contributed by atoms with E-state index in [4.69, 9.17) is 5.11 Å². The fourth-order valence-corrected chi connectivity index (χ4v) is 1.28. The third-order valence-corrected chi connectivity index (χ3v) is 2.55. The lowest BCUT2D eigenvalue weighted by atomic mass is 10.1. The second-order valence-electron chi connectivity index (χ2n) is 5.15. The van der Waals surface area contributed by atoms with Gasteiger partial charge in [0.15, 0.2) is 0 Å².